The average molecular weight is 342 g/mol. The fraction of sp³-hybridized carbons (Fsp3) is 0.118. The molecule has 0 aliphatic carbocycles. The molecule has 6 nitrogen and oxygen atoms in total. The molecule has 2 aromatic rings. The molecule has 122 valence electrons. The third-order valence-electron chi connectivity index (χ3n) is 3.34. The standard InChI is InChI=1S/C17H14N2O4S/c1-2-23-12-7-5-11(6-8-12)19-16(21)14(15(20)18-17(19)22)10-13-4-3-9-24-13/h3-10H,2H2,1H3,(H,18,20,22)/b14-10+. The summed E-state index contributed by atoms with van der Waals surface area (Å²) in [7, 11) is 0. The zero-order valence-corrected chi connectivity index (χ0v) is 13.6. The van der Waals surface area contributed by atoms with Gasteiger partial charge < -0.3 is 4.74 Å². The molecule has 7 heteroatoms. The predicted molar refractivity (Wildman–Crippen MR) is 90.9 cm³/mol. The van der Waals surface area contributed by atoms with Crippen molar-refractivity contribution in [3.8, 4) is 5.75 Å². The van der Waals surface area contributed by atoms with Gasteiger partial charge in [0.15, 0.2) is 0 Å². The summed E-state index contributed by atoms with van der Waals surface area (Å²) in [6.45, 7) is 2.38. The number of anilines is 1. The van der Waals surface area contributed by atoms with Crippen LogP contribution in [0.15, 0.2) is 47.4 Å². The van der Waals surface area contributed by atoms with Gasteiger partial charge in [-0.3, -0.25) is 14.9 Å². The van der Waals surface area contributed by atoms with Crippen LogP contribution in [0.25, 0.3) is 6.08 Å². The molecule has 1 N–H and O–H groups in total. The van der Waals surface area contributed by atoms with E-state index in [-0.39, 0.29) is 5.57 Å². The Morgan fingerprint density at radius 2 is 1.92 bits per heavy atom. The van der Waals surface area contributed by atoms with E-state index < -0.39 is 17.8 Å². The van der Waals surface area contributed by atoms with Crippen molar-refractivity contribution < 1.29 is 19.1 Å². The van der Waals surface area contributed by atoms with Crippen molar-refractivity contribution in [1.29, 1.82) is 0 Å². The molecular formula is C17H14N2O4S. The second-order valence-corrected chi connectivity index (χ2v) is 5.88. The van der Waals surface area contributed by atoms with Crippen LogP contribution in [-0.2, 0) is 9.59 Å². The monoisotopic (exact) mass is 342 g/mol. The topological polar surface area (TPSA) is 75.7 Å². The number of thiophene rings is 1. The van der Waals surface area contributed by atoms with Crippen molar-refractivity contribution in [2.24, 2.45) is 0 Å². The summed E-state index contributed by atoms with van der Waals surface area (Å²) in [5.74, 6) is -0.710. The minimum Gasteiger partial charge on any atom is -0.494 e. The minimum atomic E-state index is -0.766. The molecular weight excluding hydrogens is 328 g/mol. The summed E-state index contributed by atoms with van der Waals surface area (Å²) in [6.07, 6.45) is 1.48. The highest BCUT2D eigenvalue weighted by molar-refractivity contribution is 7.10. The molecule has 24 heavy (non-hydrogen) atoms. The first-order valence-electron chi connectivity index (χ1n) is 7.28. The van der Waals surface area contributed by atoms with Crippen LogP contribution in [0.2, 0.25) is 0 Å². The van der Waals surface area contributed by atoms with E-state index in [1.807, 2.05) is 18.4 Å². The quantitative estimate of drug-likeness (QED) is 0.685. The van der Waals surface area contributed by atoms with E-state index >= 15 is 0 Å². The Morgan fingerprint density at radius 3 is 2.54 bits per heavy atom. The fourth-order valence-electron chi connectivity index (χ4n) is 2.27. The number of carbonyl (C=O) groups excluding carboxylic acids is 3. The maximum absolute atomic E-state index is 12.6. The van der Waals surface area contributed by atoms with E-state index in [1.165, 1.54) is 17.4 Å². The fourth-order valence-corrected chi connectivity index (χ4v) is 2.92. The van der Waals surface area contributed by atoms with Gasteiger partial charge in [-0.1, -0.05) is 6.07 Å². The molecule has 1 aromatic carbocycles. The number of nitrogens with zero attached hydrogens (tertiary/aromatic N) is 1. The van der Waals surface area contributed by atoms with Gasteiger partial charge in [0.05, 0.1) is 12.3 Å². The summed E-state index contributed by atoms with van der Waals surface area (Å²) < 4.78 is 5.34. The van der Waals surface area contributed by atoms with Crippen molar-refractivity contribution in [1.82, 2.24) is 5.32 Å². The molecule has 1 fully saturated rings. The summed E-state index contributed by atoms with van der Waals surface area (Å²) in [6, 6.07) is 9.37. The van der Waals surface area contributed by atoms with Crippen molar-refractivity contribution in [3.63, 3.8) is 0 Å². The van der Waals surface area contributed by atoms with Gasteiger partial charge in [0.25, 0.3) is 11.8 Å². The Kier molecular flexibility index (Phi) is 4.43. The number of carbonyl (C=O) groups is 3. The van der Waals surface area contributed by atoms with Crippen LogP contribution < -0.4 is 15.0 Å². The maximum Gasteiger partial charge on any atom is 0.335 e. The summed E-state index contributed by atoms with van der Waals surface area (Å²) >= 11 is 1.40. The number of rotatable bonds is 4. The second-order valence-electron chi connectivity index (χ2n) is 4.90. The highest BCUT2D eigenvalue weighted by Gasteiger charge is 2.36. The number of ether oxygens (including phenoxy) is 1. The summed E-state index contributed by atoms with van der Waals surface area (Å²) in [5.41, 5.74) is 0.288. The molecule has 3 rings (SSSR count). The highest BCUT2D eigenvalue weighted by Crippen LogP contribution is 2.25. The van der Waals surface area contributed by atoms with E-state index in [1.54, 1.807) is 30.3 Å². The van der Waals surface area contributed by atoms with E-state index in [4.69, 9.17) is 4.74 Å². The Labute approximate surface area is 142 Å². The third kappa shape index (κ3) is 3.07. The van der Waals surface area contributed by atoms with Gasteiger partial charge in [0.2, 0.25) is 0 Å². The van der Waals surface area contributed by atoms with Crippen LogP contribution in [0.4, 0.5) is 10.5 Å². The number of nitrogens with one attached hydrogen (secondary N) is 1. The Hall–Kier alpha value is -2.93. The van der Waals surface area contributed by atoms with Gasteiger partial charge in [0.1, 0.15) is 11.3 Å². The number of hydrogen-bond acceptors (Lipinski definition) is 5. The molecule has 0 radical (unpaired) electrons. The van der Waals surface area contributed by atoms with Crippen molar-refractivity contribution in [2.45, 2.75) is 6.92 Å². The first-order valence-corrected chi connectivity index (χ1v) is 8.16. The Bertz CT molecular complexity index is 810. The molecule has 4 amide bonds. The van der Waals surface area contributed by atoms with Gasteiger partial charge in [0, 0.05) is 4.88 Å². The molecule has 1 aliphatic heterocycles. The maximum atomic E-state index is 12.6. The number of barbiturate groups is 1. The van der Waals surface area contributed by atoms with Crippen LogP contribution in [0.5, 0.6) is 5.75 Å². The first kappa shape index (κ1) is 15.9. The zero-order valence-electron chi connectivity index (χ0n) is 12.8. The molecule has 1 aromatic heterocycles. The van der Waals surface area contributed by atoms with Crippen LogP contribution in [0.3, 0.4) is 0 Å². The lowest BCUT2D eigenvalue weighted by Crippen LogP contribution is -2.54. The van der Waals surface area contributed by atoms with Gasteiger partial charge in [-0.05, 0) is 48.7 Å². The minimum absolute atomic E-state index is 0.0778. The highest BCUT2D eigenvalue weighted by atomic mass is 32.1. The van der Waals surface area contributed by atoms with Gasteiger partial charge in [-0.2, -0.15) is 0 Å². The van der Waals surface area contributed by atoms with Gasteiger partial charge >= 0.3 is 6.03 Å². The average Bonchev–Trinajstić information content (AvgIpc) is 3.06. The van der Waals surface area contributed by atoms with E-state index in [9.17, 15) is 14.4 Å². The smallest absolute Gasteiger partial charge is 0.335 e. The molecule has 2 heterocycles. The molecule has 0 saturated carbocycles. The summed E-state index contributed by atoms with van der Waals surface area (Å²) in [4.78, 5) is 38.4. The number of amides is 4. The number of benzene rings is 1. The third-order valence-corrected chi connectivity index (χ3v) is 4.16. The van der Waals surface area contributed by atoms with Crippen molar-refractivity contribution >= 4 is 40.9 Å². The Morgan fingerprint density at radius 1 is 1.17 bits per heavy atom. The number of hydrogen-bond donors (Lipinski definition) is 1. The van der Waals surface area contributed by atoms with Crippen molar-refractivity contribution in [3.05, 3.63) is 52.2 Å². The van der Waals surface area contributed by atoms with Crippen molar-refractivity contribution in [2.75, 3.05) is 11.5 Å². The van der Waals surface area contributed by atoms with Gasteiger partial charge in [-0.15, -0.1) is 11.3 Å². The zero-order chi connectivity index (χ0) is 17.1. The number of urea groups is 1. The molecule has 0 spiro atoms. The largest absolute Gasteiger partial charge is 0.494 e. The van der Waals surface area contributed by atoms with E-state index in [0.29, 0.717) is 18.0 Å². The SMILES string of the molecule is CCOc1ccc(N2C(=O)NC(=O)/C(=C\c3cccs3)C2=O)cc1. The van der Waals surface area contributed by atoms with Crippen LogP contribution in [-0.4, -0.2) is 24.5 Å². The van der Waals surface area contributed by atoms with Gasteiger partial charge in [-0.25, -0.2) is 9.69 Å². The van der Waals surface area contributed by atoms with E-state index in [0.717, 1.165) is 9.78 Å². The molecule has 0 bridgehead atoms. The summed E-state index contributed by atoms with van der Waals surface area (Å²) in [5, 5.41) is 4.03. The lowest BCUT2D eigenvalue weighted by molar-refractivity contribution is -0.122. The van der Waals surface area contributed by atoms with Crippen LogP contribution in [0.1, 0.15) is 11.8 Å². The normalized spacial score (nSPS) is 16.5. The van der Waals surface area contributed by atoms with Crippen LogP contribution >= 0.6 is 11.3 Å². The lowest BCUT2D eigenvalue weighted by atomic mass is 10.1. The second kappa shape index (κ2) is 6.67. The van der Waals surface area contributed by atoms with E-state index in [2.05, 4.69) is 5.32 Å². The molecule has 0 unspecified atom stereocenters. The lowest BCUT2D eigenvalue weighted by Gasteiger charge is -2.26. The molecule has 1 saturated heterocycles. The molecule has 0 atom stereocenters. The predicted octanol–water partition coefficient (Wildman–Crippen LogP) is 2.81. The van der Waals surface area contributed by atoms with Crippen LogP contribution in [0, 0.1) is 0 Å². The Balaban J connectivity index is 1.93. The first-order chi connectivity index (χ1) is 11.6. The molecule has 1 aliphatic rings. The number of imide groups is 2.